The van der Waals surface area contributed by atoms with Crippen LogP contribution in [0.25, 0.3) is 0 Å². The van der Waals surface area contributed by atoms with E-state index >= 15 is 0 Å². The summed E-state index contributed by atoms with van der Waals surface area (Å²) >= 11 is 0. The maximum absolute atomic E-state index is 12.9. The molecule has 0 saturated heterocycles. The maximum atomic E-state index is 12.9. The van der Waals surface area contributed by atoms with Gasteiger partial charge in [-0.2, -0.15) is 0 Å². The van der Waals surface area contributed by atoms with Crippen molar-refractivity contribution < 1.29 is 14.3 Å². The number of rotatable bonds is 6. The van der Waals surface area contributed by atoms with Crippen molar-refractivity contribution in [2.24, 2.45) is 0 Å². The van der Waals surface area contributed by atoms with Crippen molar-refractivity contribution in [2.75, 3.05) is 6.54 Å². The van der Waals surface area contributed by atoms with Gasteiger partial charge in [0.1, 0.15) is 5.82 Å². The van der Waals surface area contributed by atoms with E-state index in [9.17, 15) is 9.18 Å². The van der Waals surface area contributed by atoms with E-state index in [2.05, 4.69) is 4.98 Å². The van der Waals surface area contributed by atoms with Gasteiger partial charge in [0.15, 0.2) is 0 Å². The summed E-state index contributed by atoms with van der Waals surface area (Å²) in [5.41, 5.74) is 0.703. The van der Waals surface area contributed by atoms with Crippen LogP contribution in [0.2, 0.25) is 0 Å². The first-order valence-corrected chi connectivity index (χ1v) is 6.04. The average Bonchev–Trinajstić information content (AvgIpc) is 2.30. The first-order valence-electron chi connectivity index (χ1n) is 6.04. The lowest BCUT2D eigenvalue weighted by Gasteiger charge is -2.32. The van der Waals surface area contributed by atoms with Crippen LogP contribution >= 0.6 is 0 Å². The van der Waals surface area contributed by atoms with E-state index < -0.39 is 5.97 Å². The third-order valence-corrected chi connectivity index (χ3v) is 2.86. The molecule has 5 heteroatoms. The second-order valence-corrected chi connectivity index (χ2v) is 4.49. The zero-order valence-corrected chi connectivity index (χ0v) is 10.9. The summed E-state index contributed by atoms with van der Waals surface area (Å²) in [5.74, 6) is -1.26. The third kappa shape index (κ3) is 3.77. The smallest absolute Gasteiger partial charge is 0.317 e. The second kappa shape index (κ2) is 6.44. The average molecular weight is 254 g/mol. The van der Waals surface area contributed by atoms with Gasteiger partial charge in [0.25, 0.3) is 0 Å². The van der Waals surface area contributed by atoms with Gasteiger partial charge in [0.05, 0.1) is 24.5 Å². The molecule has 1 N–H and O–H groups in total. The lowest BCUT2D eigenvalue weighted by Crippen LogP contribution is -2.39. The molecule has 1 rings (SSSR count). The van der Waals surface area contributed by atoms with Gasteiger partial charge in [-0.05, 0) is 32.4 Å². The SMILES string of the molecule is CCC(c1ccc(F)cn1)N(CC(=O)O)C(C)C. The molecule has 100 valence electrons. The molecule has 1 atom stereocenters. The number of carboxylic acid groups (broad SMARTS) is 1. The molecule has 1 aromatic rings. The number of nitrogens with zero attached hydrogens (tertiary/aromatic N) is 2. The Hall–Kier alpha value is -1.49. The lowest BCUT2D eigenvalue weighted by atomic mass is 10.1. The normalized spacial score (nSPS) is 13.0. The minimum atomic E-state index is -0.871. The summed E-state index contributed by atoms with van der Waals surface area (Å²) in [6.45, 7) is 5.80. The lowest BCUT2D eigenvalue weighted by molar-refractivity contribution is -0.139. The first kappa shape index (κ1) is 14.6. The Morgan fingerprint density at radius 1 is 1.50 bits per heavy atom. The van der Waals surface area contributed by atoms with Crippen LogP contribution in [0.4, 0.5) is 4.39 Å². The molecule has 0 bridgehead atoms. The van der Waals surface area contributed by atoms with Crippen molar-refractivity contribution >= 4 is 5.97 Å². The van der Waals surface area contributed by atoms with Gasteiger partial charge in [-0.3, -0.25) is 14.7 Å². The number of pyridine rings is 1. The van der Waals surface area contributed by atoms with Gasteiger partial charge in [0, 0.05) is 6.04 Å². The molecule has 0 amide bonds. The Bertz CT molecular complexity index is 392. The molecule has 0 aliphatic carbocycles. The topological polar surface area (TPSA) is 53.4 Å². The molecule has 0 fully saturated rings. The van der Waals surface area contributed by atoms with Crippen LogP contribution in [0.15, 0.2) is 18.3 Å². The van der Waals surface area contributed by atoms with Gasteiger partial charge in [-0.1, -0.05) is 6.92 Å². The van der Waals surface area contributed by atoms with Crippen LogP contribution < -0.4 is 0 Å². The highest BCUT2D eigenvalue weighted by atomic mass is 19.1. The summed E-state index contributed by atoms with van der Waals surface area (Å²) in [4.78, 5) is 16.8. The fourth-order valence-electron chi connectivity index (χ4n) is 2.01. The summed E-state index contributed by atoms with van der Waals surface area (Å²) in [6, 6.07) is 2.94. The van der Waals surface area contributed by atoms with Crippen LogP contribution in [0.3, 0.4) is 0 Å². The van der Waals surface area contributed by atoms with Crippen molar-refractivity contribution in [2.45, 2.75) is 39.3 Å². The van der Waals surface area contributed by atoms with Crippen molar-refractivity contribution in [3.8, 4) is 0 Å². The Kier molecular flexibility index (Phi) is 5.22. The summed E-state index contributed by atoms with van der Waals surface area (Å²) in [7, 11) is 0. The number of hydrogen-bond acceptors (Lipinski definition) is 3. The molecule has 0 saturated carbocycles. The molecular weight excluding hydrogens is 235 g/mol. The second-order valence-electron chi connectivity index (χ2n) is 4.49. The number of carboxylic acids is 1. The van der Waals surface area contributed by atoms with Gasteiger partial charge in [-0.15, -0.1) is 0 Å². The molecule has 0 aromatic carbocycles. The number of aliphatic carboxylic acids is 1. The molecular formula is C13H19FN2O2. The molecule has 0 aliphatic heterocycles. The number of aromatic nitrogens is 1. The fraction of sp³-hybridized carbons (Fsp3) is 0.538. The Morgan fingerprint density at radius 2 is 2.17 bits per heavy atom. The largest absolute Gasteiger partial charge is 0.480 e. The molecule has 1 aromatic heterocycles. The molecule has 18 heavy (non-hydrogen) atoms. The molecule has 0 radical (unpaired) electrons. The van der Waals surface area contributed by atoms with E-state index in [1.54, 1.807) is 6.07 Å². The van der Waals surface area contributed by atoms with Crippen molar-refractivity contribution in [3.05, 3.63) is 29.8 Å². The minimum Gasteiger partial charge on any atom is -0.480 e. The summed E-state index contributed by atoms with van der Waals surface area (Å²) in [5, 5.41) is 8.95. The van der Waals surface area contributed by atoms with Crippen LogP contribution in [-0.4, -0.2) is 33.5 Å². The van der Waals surface area contributed by atoms with Gasteiger partial charge >= 0.3 is 5.97 Å². The standard InChI is InChI=1S/C13H19FN2O2/c1-4-12(11-6-5-10(14)7-15-11)16(9(2)3)8-13(17)18/h5-7,9,12H,4,8H2,1-3H3,(H,17,18). The monoisotopic (exact) mass is 254 g/mol. The van der Waals surface area contributed by atoms with E-state index in [0.717, 1.165) is 12.6 Å². The Labute approximate surface area is 106 Å². The highest BCUT2D eigenvalue weighted by Crippen LogP contribution is 2.24. The van der Waals surface area contributed by atoms with E-state index in [4.69, 9.17) is 5.11 Å². The van der Waals surface area contributed by atoms with Crippen molar-refractivity contribution in [1.82, 2.24) is 9.88 Å². The van der Waals surface area contributed by atoms with Gasteiger partial charge < -0.3 is 5.11 Å². The summed E-state index contributed by atoms with van der Waals surface area (Å²) in [6.07, 6.45) is 1.89. The molecule has 4 nitrogen and oxygen atoms in total. The van der Waals surface area contributed by atoms with Crippen LogP contribution in [0.1, 0.15) is 38.9 Å². The molecule has 0 spiro atoms. The van der Waals surface area contributed by atoms with Crippen LogP contribution in [0, 0.1) is 5.82 Å². The third-order valence-electron chi connectivity index (χ3n) is 2.86. The van der Waals surface area contributed by atoms with E-state index in [0.29, 0.717) is 5.69 Å². The number of carbonyl (C=O) groups is 1. The highest BCUT2D eigenvalue weighted by Gasteiger charge is 2.24. The van der Waals surface area contributed by atoms with Gasteiger partial charge in [0.2, 0.25) is 0 Å². The van der Waals surface area contributed by atoms with Gasteiger partial charge in [-0.25, -0.2) is 4.39 Å². The Morgan fingerprint density at radius 3 is 2.56 bits per heavy atom. The molecule has 0 aliphatic rings. The fourth-order valence-corrected chi connectivity index (χ4v) is 2.01. The summed E-state index contributed by atoms with van der Waals surface area (Å²) < 4.78 is 12.9. The number of halogens is 1. The molecule has 1 unspecified atom stereocenters. The Balaban J connectivity index is 2.97. The van der Waals surface area contributed by atoms with E-state index in [1.807, 2.05) is 25.7 Å². The van der Waals surface area contributed by atoms with Crippen LogP contribution in [0.5, 0.6) is 0 Å². The minimum absolute atomic E-state index is 0.0464. The molecule has 1 heterocycles. The predicted molar refractivity (Wildman–Crippen MR) is 66.7 cm³/mol. The maximum Gasteiger partial charge on any atom is 0.317 e. The first-order chi connectivity index (χ1) is 8.45. The zero-order chi connectivity index (χ0) is 13.7. The van der Waals surface area contributed by atoms with E-state index in [1.165, 1.54) is 6.07 Å². The highest BCUT2D eigenvalue weighted by molar-refractivity contribution is 5.69. The number of hydrogen-bond donors (Lipinski definition) is 1. The predicted octanol–water partition coefficient (Wildman–Crippen LogP) is 2.47. The van der Waals surface area contributed by atoms with Crippen LogP contribution in [-0.2, 0) is 4.79 Å². The zero-order valence-electron chi connectivity index (χ0n) is 10.9. The van der Waals surface area contributed by atoms with Crippen molar-refractivity contribution in [3.63, 3.8) is 0 Å². The van der Waals surface area contributed by atoms with E-state index in [-0.39, 0.29) is 24.4 Å². The quantitative estimate of drug-likeness (QED) is 0.847. The van der Waals surface area contributed by atoms with Crippen molar-refractivity contribution in [1.29, 1.82) is 0 Å².